The van der Waals surface area contributed by atoms with E-state index in [-0.39, 0.29) is 75.5 Å². The van der Waals surface area contributed by atoms with Gasteiger partial charge < -0.3 is 7.65 Å². The van der Waals surface area contributed by atoms with Gasteiger partial charge in [-0.2, -0.15) is 13.5 Å². The minimum Gasteiger partial charge on any atom is -1.00 e. The molecule has 9 heavy (non-hydrogen) atoms. The molecule has 0 aromatic rings. The smallest absolute Gasteiger partial charge is 1.00 e. The molecule has 0 spiro atoms. The van der Waals surface area contributed by atoms with Crippen LogP contribution in [0.15, 0.2) is 0 Å². The maximum Gasteiger partial charge on any atom is 1.00 e. The van der Waals surface area contributed by atoms with Gasteiger partial charge in [-0.25, -0.2) is 0 Å². The van der Waals surface area contributed by atoms with Crippen molar-refractivity contribution in [3.05, 3.63) is 0 Å². The Morgan fingerprint density at radius 1 is 1.44 bits per heavy atom. The van der Waals surface area contributed by atoms with Gasteiger partial charge in [-0.15, -0.1) is 0 Å². The van der Waals surface area contributed by atoms with Crippen molar-refractivity contribution < 1.29 is 66.8 Å². The first-order chi connectivity index (χ1) is 2.91. The van der Waals surface area contributed by atoms with Crippen LogP contribution in [0.4, 0.5) is 0 Å². The summed E-state index contributed by atoms with van der Waals surface area (Å²) in [5, 5.41) is 0. The molecule has 1 nitrogen and oxygen atoms in total. The molecule has 0 bridgehead atoms. The van der Waals surface area contributed by atoms with Gasteiger partial charge in [0.1, 0.15) is 6.29 Å². The molecular weight excluding hydrogens is 154 g/mol. The summed E-state index contributed by atoms with van der Waals surface area (Å²) in [6.45, 7) is 2.07. The van der Waals surface area contributed by atoms with Crippen molar-refractivity contribution >= 4 is 19.8 Å². The molecule has 0 aliphatic carbocycles. The molecule has 0 radical (unpaired) electrons. The Bertz CT molecular complexity index is 51.5. The first-order valence-corrected chi connectivity index (χ1v) is 2.35. The van der Waals surface area contributed by atoms with Crippen LogP contribution >= 0.6 is 13.5 Å². The fourth-order valence-electron chi connectivity index (χ4n) is 0.287. The number of aldehydes is 1. The van der Waals surface area contributed by atoms with E-state index >= 15 is 0 Å². The van der Waals surface area contributed by atoms with E-state index in [2.05, 4.69) is 6.92 Å². The minimum absolute atomic E-state index is 0. The van der Waals surface area contributed by atoms with Gasteiger partial charge in [0.25, 0.3) is 0 Å². The SMILES string of the molecule is CCCCC=O.S.[H-].[H-].[Na+].[Na+]. The van der Waals surface area contributed by atoms with Gasteiger partial charge >= 0.3 is 59.1 Å². The molecule has 4 heteroatoms. The van der Waals surface area contributed by atoms with Crippen LogP contribution in [0.2, 0.25) is 0 Å². The molecule has 0 N–H and O–H groups in total. The van der Waals surface area contributed by atoms with E-state index in [1.807, 2.05) is 0 Å². The zero-order chi connectivity index (χ0) is 4.83. The van der Waals surface area contributed by atoms with E-state index in [4.69, 9.17) is 0 Å². The van der Waals surface area contributed by atoms with Crippen LogP contribution in [0.25, 0.3) is 0 Å². The summed E-state index contributed by atoms with van der Waals surface area (Å²) in [5.74, 6) is 0. The third-order valence-electron chi connectivity index (χ3n) is 0.676. The second kappa shape index (κ2) is 22.5. The Morgan fingerprint density at radius 2 is 1.89 bits per heavy atom. The average molecular weight is 168 g/mol. The normalized spacial score (nSPS) is 5.44. The average Bonchev–Trinajstić information content (AvgIpc) is 1.61. The Hall–Kier alpha value is 2.02. The van der Waals surface area contributed by atoms with Gasteiger partial charge in [-0.3, -0.25) is 0 Å². The number of hydrogen-bond acceptors (Lipinski definition) is 1. The molecule has 0 saturated heterocycles. The molecular formula is C5H14Na2OS. The summed E-state index contributed by atoms with van der Waals surface area (Å²) in [6, 6.07) is 0. The quantitative estimate of drug-likeness (QED) is 0.237. The van der Waals surface area contributed by atoms with Gasteiger partial charge in [0.05, 0.1) is 0 Å². The second-order valence-electron chi connectivity index (χ2n) is 1.31. The van der Waals surface area contributed by atoms with Gasteiger partial charge in [-0.05, 0) is 6.42 Å². The number of unbranched alkanes of at least 4 members (excludes halogenated alkanes) is 2. The van der Waals surface area contributed by atoms with Crippen molar-refractivity contribution in [3.8, 4) is 0 Å². The third-order valence-corrected chi connectivity index (χ3v) is 0.676. The van der Waals surface area contributed by atoms with Crippen LogP contribution in [-0.2, 0) is 4.79 Å². The molecule has 0 aliphatic rings. The van der Waals surface area contributed by atoms with Crippen LogP contribution < -0.4 is 59.1 Å². The summed E-state index contributed by atoms with van der Waals surface area (Å²) in [4.78, 5) is 9.56. The summed E-state index contributed by atoms with van der Waals surface area (Å²) in [6.07, 6.45) is 3.86. The summed E-state index contributed by atoms with van der Waals surface area (Å²) < 4.78 is 0. The van der Waals surface area contributed by atoms with Gasteiger partial charge in [0.15, 0.2) is 0 Å². The van der Waals surface area contributed by atoms with Gasteiger partial charge in [0.2, 0.25) is 0 Å². The Balaban J connectivity index is -0.0000000125. The first kappa shape index (κ1) is 22.5. The standard InChI is InChI=1S/C5H10O.2Na.H2S.2H/c1-2-3-4-5-6;;;;;/h5H,2-4H2,1H3;;;1H2;;/q;2*+1;;2*-1. The molecule has 0 fully saturated rings. The van der Waals surface area contributed by atoms with Crippen molar-refractivity contribution in [2.75, 3.05) is 0 Å². The van der Waals surface area contributed by atoms with E-state index in [1.54, 1.807) is 0 Å². The Labute approximate surface area is 111 Å². The fraction of sp³-hybridized carbons (Fsp3) is 0.800. The molecule has 0 aromatic carbocycles. The van der Waals surface area contributed by atoms with E-state index in [0.29, 0.717) is 0 Å². The van der Waals surface area contributed by atoms with Crippen molar-refractivity contribution in [1.82, 2.24) is 0 Å². The van der Waals surface area contributed by atoms with E-state index in [0.717, 1.165) is 25.5 Å². The van der Waals surface area contributed by atoms with E-state index in [1.165, 1.54) is 0 Å². The predicted octanol–water partition coefficient (Wildman–Crippen LogP) is -4.28. The number of hydrogen-bond donors (Lipinski definition) is 0. The zero-order valence-electron chi connectivity index (χ0n) is 8.61. The summed E-state index contributed by atoms with van der Waals surface area (Å²) in [7, 11) is 0. The molecule has 0 atom stereocenters. The monoisotopic (exact) mass is 168 g/mol. The van der Waals surface area contributed by atoms with Crippen LogP contribution in [0.5, 0.6) is 0 Å². The molecule has 0 saturated carbocycles. The van der Waals surface area contributed by atoms with Crippen LogP contribution in [0.3, 0.4) is 0 Å². The summed E-state index contributed by atoms with van der Waals surface area (Å²) in [5.41, 5.74) is 0. The number of rotatable bonds is 3. The van der Waals surface area contributed by atoms with E-state index < -0.39 is 0 Å². The molecule has 0 aromatic heterocycles. The van der Waals surface area contributed by atoms with Crippen molar-refractivity contribution in [1.29, 1.82) is 0 Å². The first-order valence-electron chi connectivity index (χ1n) is 2.35. The zero-order valence-corrected chi connectivity index (χ0v) is 11.6. The van der Waals surface area contributed by atoms with Crippen LogP contribution in [0.1, 0.15) is 29.0 Å². The van der Waals surface area contributed by atoms with E-state index in [9.17, 15) is 4.79 Å². The molecule has 0 amide bonds. The largest absolute Gasteiger partial charge is 1.00 e. The van der Waals surface area contributed by atoms with Crippen molar-refractivity contribution in [3.63, 3.8) is 0 Å². The maximum atomic E-state index is 9.56. The molecule has 0 aliphatic heterocycles. The molecule has 48 valence electrons. The number of carbonyl (C=O) groups excluding carboxylic acids is 1. The van der Waals surface area contributed by atoms with Gasteiger partial charge in [-0.1, -0.05) is 13.3 Å². The fourth-order valence-corrected chi connectivity index (χ4v) is 0.287. The Morgan fingerprint density at radius 3 is 2.00 bits per heavy atom. The topological polar surface area (TPSA) is 17.1 Å². The van der Waals surface area contributed by atoms with Gasteiger partial charge in [0, 0.05) is 6.42 Å². The number of carbonyl (C=O) groups is 1. The van der Waals surface area contributed by atoms with Crippen LogP contribution in [-0.4, -0.2) is 6.29 Å². The van der Waals surface area contributed by atoms with Crippen molar-refractivity contribution in [2.24, 2.45) is 0 Å². The molecule has 0 heterocycles. The Kier molecular flexibility index (Phi) is 56.1. The third kappa shape index (κ3) is 25.6. The molecule has 0 unspecified atom stereocenters. The minimum atomic E-state index is 0. The summed E-state index contributed by atoms with van der Waals surface area (Å²) >= 11 is 0. The second-order valence-corrected chi connectivity index (χ2v) is 1.31. The van der Waals surface area contributed by atoms with Crippen molar-refractivity contribution in [2.45, 2.75) is 26.2 Å². The predicted molar refractivity (Wildman–Crippen MR) is 38.2 cm³/mol. The van der Waals surface area contributed by atoms with Crippen LogP contribution in [0, 0.1) is 0 Å². The maximum absolute atomic E-state index is 9.56. The molecule has 0 rings (SSSR count).